The molecule has 0 aliphatic rings. The zero-order valence-electron chi connectivity index (χ0n) is 12.4. The number of nitrogens with one attached hydrogen (secondary N) is 1. The van der Waals surface area contributed by atoms with Gasteiger partial charge in [0.25, 0.3) is 5.91 Å². The van der Waals surface area contributed by atoms with E-state index >= 15 is 0 Å². The van der Waals surface area contributed by atoms with E-state index in [9.17, 15) is 9.59 Å². The third-order valence-corrected chi connectivity index (χ3v) is 3.16. The fourth-order valence-corrected chi connectivity index (χ4v) is 2.00. The predicted molar refractivity (Wildman–Crippen MR) is 80.7 cm³/mol. The van der Waals surface area contributed by atoms with Crippen molar-refractivity contribution in [1.82, 2.24) is 15.1 Å². The normalized spacial score (nSPS) is 10.9. The molecule has 7 nitrogen and oxygen atoms in total. The minimum absolute atomic E-state index is 0.134. The van der Waals surface area contributed by atoms with Gasteiger partial charge < -0.3 is 14.8 Å². The molecule has 1 rings (SSSR count). The van der Waals surface area contributed by atoms with E-state index in [2.05, 4.69) is 26.3 Å². The number of nitrogens with zero attached hydrogens (tertiary/aromatic N) is 2. The third kappa shape index (κ3) is 5.22. The van der Waals surface area contributed by atoms with Crippen LogP contribution in [0.4, 0.5) is 0 Å². The molecule has 0 aliphatic heterocycles. The molecule has 1 aromatic rings. The van der Waals surface area contributed by atoms with E-state index in [0.717, 1.165) is 0 Å². The fraction of sp³-hybridized carbons (Fsp3) is 0.615. The first kappa shape index (κ1) is 17.8. The molecule has 1 amide bonds. The van der Waals surface area contributed by atoms with Gasteiger partial charge in [-0.05, 0) is 13.8 Å². The molecule has 0 aromatic carbocycles. The highest BCUT2D eigenvalue weighted by atomic mass is 79.9. The highest BCUT2D eigenvalue weighted by Crippen LogP contribution is 2.06. The topological polar surface area (TPSA) is 82.5 Å². The Morgan fingerprint density at radius 3 is 2.52 bits per heavy atom. The number of aromatic nitrogens is 2. The van der Waals surface area contributed by atoms with E-state index in [4.69, 9.17) is 9.47 Å². The van der Waals surface area contributed by atoms with E-state index < -0.39 is 6.29 Å². The highest BCUT2D eigenvalue weighted by Gasteiger charge is 2.18. The molecule has 1 N–H and O–H groups in total. The van der Waals surface area contributed by atoms with E-state index in [0.29, 0.717) is 18.9 Å². The molecule has 0 saturated carbocycles. The van der Waals surface area contributed by atoms with E-state index in [1.54, 1.807) is 7.05 Å². The first-order valence-electron chi connectivity index (χ1n) is 6.68. The van der Waals surface area contributed by atoms with Crippen LogP contribution in [0, 0.1) is 0 Å². The van der Waals surface area contributed by atoms with Crippen LogP contribution in [0.1, 0.15) is 34.8 Å². The van der Waals surface area contributed by atoms with Crippen molar-refractivity contribution in [2.45, 2.75) is 20.1 Å². The summed E-state index contributed by atoms with van der Waals surface area (Å²) in [5, 5.41) is 6.89. The number of aryl methyl sites for hydroxylation is 1. The largest absolute Gasteiger partial charge is 0.351 e. The first-order valence-corrected chi connectivity index (χ1v) is 7.80. The van der Waals surface area contributed by atoms with Gasteiger partial charge in [-0.1, -0.05) is 15.9 Å². The summed E-state index contributed by atoms with van der Waals surface area (Å²) in [6.07, 6.45) is -0.490. The van der Waals surface area contributed by atoms with Crippen molar-refractivity contribution in [2.24, 2.45) is 7.05 Å². The van der Waals surface area contributed by atoms with Crippen molar-refractivity contribution >= 4 is 27.6 Å². The first-order chi connectivity index (χ1) is 10.0. The number of amides is 1. The molecular weight excluding hydrogens is 342 g/mol. The molecule has 0 fully saturated rings. The van der Waals surface area contributed by atoms with Crippen molar-refractivity contribution in [1.29, 1.82) is 0 Å². The molecule has 0 spiro atoms. The number of ketones is 1. The van der Waals surface area contributed by atoms with Crippen LogP contribution in [0.2, 0.25) is 0 Å². The minimum atomic E-state index is -0.490. The Balaban J connectivity index is 2.65. The highest BCUT2D eigenvalue weighted by molar-refractivity contribution is 9.09. The zero-order valence-corrected chi connectivity index (χ0v) is 14.0. The maximum atomic E-state index is 12.0. The Morgan fingerprint density at radius 1 is 1.38 bits per heavy atom. The van der Waals surface area contributed by atoms with Gasteiger partial charge >= 0.3 is 0 Å². The maximum Gasteiger partial charge on any atom is 0.271 e. The average Bonchev–Trinajstić information content (AvgIpc) is 2.86. The average molecular weight is 362 g/mol. The summed E-state index contributed by atoms with van der Waals surface area (Å²) in [6.45, 7) is 4.91. The number of Topliss-reactive ketones (excluding diaryl/α,β-unsaturated/α-hetero) is 1. The molecule has 0 atom stereocenters. The van der Waals surface area contributed by atoms with E-state index in [1.807, 2.05) is 13.8 Å². The van der Waals surface area contributed by atoms with Crippen LogP contribution in [-0.2, 0) is 16.5 Å². The summed E-state index contributed by atoms with van der Waals surface area (Å²) in [7, 11) is 1.62. The number of ether oxygens (including phenoxy) is 2. The number of halogens is 1. The maximum absolute atomic E-state index is 12.0. The molecule has 8 heteroatoms. The molecule has 0 bridgehead atoms. The summed E-state index contributed by atoms with van der Waals surface area (Å²) < 4.78 is 12.1. The lowest BCUT2D eigenvalue weighted by Gasteiger charge is -2.16. The Labute approximate surface area is 132 Å². The number of rotatable bonds is 9. The van der Waals surface area contributed by atoms with Gasteiger partial charge in [0, 0.05) is 26.3 Å². The number of alkyl halides is 1. The predicted octanol–water partition coefficient (Wildman–Crippen LogP) is 1.13. The molecule has 0 radical (unpaired) electrons. The fourth-order valence-electron chi connectivity index (χ4n) is 1.71. The van der Waals surface area contributed by atoms with Gasteiger partial charge in [0.15, 0.2) is 17.8 Å². The SMILES string of the molecule is CCOC(CNC(=O)c1cc(C(=O)CBr)n(C)n1)OCC. The van der Waals surface area contributed by atoms with Gasteiger partial charge in [0.05, 0.1) is 11.9 Å². The van der Waals surface area contributed by atoms with Gasteiger partial charge in [0.1, 0.15) is 5.69 Å². The Bertz CT molecular complexity index is 484. The van der Waals surface area contributed by atoms with Gasteiger partial charge in [-0.15, -0.1) is 0 Å². The molecule has 0 saturated heterocycles. The van der Waals surface area contributed by atoms with Crippen LogP contribution < -0.4 is 5.32 Å². The molecule has 0 aliphatic carbocycles. The lowest BCUT2D eigenvalue weighted by Crippen LogP contribution is -2.35. The van der Waals surface area contributed by atoms with Crippen molar-refractivity contribution < 1.29 is 19.1 Å². The van der Waals surface area contributed by atoms with Crippen LogP contribution >= 0.6 is 15.9 Å². The van der Waals surface area contributed by atoms with E-state index in [-0.39, 0.29) is 29.3 Å². The summed E-state index contributed by atoms with van der Waals surface area (Å²) in [4.78, 5) is 23.6. The molecule has 1 heterocycles. The third-order valence-electron chi connectivity index (χ3n) is 2.65. The van der Waals surface area contributed by atoms with Crippen molar-refractivity contribution in [3.05, 3.63) is 17.5 Å². The van der Waals surface area contributed by atoms with Gasteiger partial charge in [-0.25, -0.2) is 0 Å². The molecule has 0 unspecified atom stereocenters. The van der Waals surface area contributed by atoms with E-state index in [1.165, 1.54) is 10.7 Å². The van der Waals surface area contributed by atoms with Crippen molar-refractivity contribution in [3.8, 4) is 0 Å². The molecular formula is C13H20BrN3O4. The second-order valence-electron chi connectivity index (χ2n) is 4.15. The van der Waals surface area contributed by atoms with Gasteiger partial charge in [-0.2, -0.15) is 5.10 Å². The quantitative estimate of drug-likeness (QED) is 0.405. The summed E-state index contributed by atoms with van der Waals surface area (Å²) >= 11 is 3.09. The number of carbonyl (C=O) groups excluding carboxylic acids is 2. The Hall–Kier alpha value is -1.25. The Kier molecular flexibility index (Phi) is 7.55. The van der Waals surface area contributed by atoms with Crippen molar-refractivity contribution in [2.75, 3.05) is 25.1 Å². The lowest BCUT2D eigenvalue weighted by molar-refractivity contribution is -0.131. The second kappa shape index (κ2) is 8.91. The van der Waals surface area contributed by atoms with Crippen LogP contribution in [0.3, 0.4) is 0 Å². The molecule has 1 aromatic heterocycles. The van der Waals surface area contributed by atoms with Crippen LogP contribution in [0.25, 0.3) is 0 Å². The standard InChI is InChI=1S/C13H20BrN3O4/c1-4-20-12(21-5-2)8-15-13(19)9-6-10(11(18)7-14)17(3)16-9/h6,12H,4-5,7-8H2,1-3H3,(H,15,19). The van der Waals surface area contributed by atoms with Crippen LogP contribution in [0.5, 0.6) is 0 Å². The minimum Gasteiger partial charge on any atom is -0.351 e. The lowest BCUT2D eigenvalue weighted by atomic mass is 10.3. The van der Waals surface area contributed by atoms with Crippen LogP contribution in [0.15, 0.2) is 6.07 Å². The summed E-state index contributed by atoms with van der Waals surface area (Å²) in [5.41, 5.74) is 0.566. The summed E-state index contributed by atoms with van der Waals surface area (Å²) in [6, 6.07) is 1.47. The molecule has 118 valence electrons. The van der Waals surface area contributed by atoms with Crippen LogP contribution in [-0.4, -0.2) is 52.8 Å². The monoisotopic (exact) mass is 361 g/mol. The second-order valence-corrected chi connectivity index (χ2v) is 4.71. The number of hydrogen-bond acceptors (Lipinski definition) is 5. The van der Waals surface area contributed by atoms with Gasteiger partial charge in [0.2, 0.25) is 0 Å². The number of carbonyl (C=O) groups is 2. The molecule has 21 heavy (non-hydrogen) atoms. The van der Waals surface area contributed by atoms with Crippen molar-refractivity contribution in [3.63, 3.8) is 0 Å². The zero-order chi connectivity index (χ0) is 15.8. The summed E-state index contributed by atoms with van der Waals surface area (Å²) in [5.74, 6) is -0.505. The number of hydrogen-bond donors (Lipinski definition) is 1. The Morgan fingerprint density at radius 2 is 2.00 bits per heavy atom. The smallest absolute Gasteiger partial charge is 0.271 e. The van der Waals surface area contributed by atoms with Gasteiger partial charge in [-0.3, -0.25) is 14.3 Å².